The van der Waals surface area contributed by atoms with Crippen LogP contribution in [0.3, 0.4) is 0 Å². The molecule has 1 aromatic heterocycles. The molecule has 0 spiro atoms. The van der Waals surface area contributed by atoms with Crippen molar-refractivity contribution in [2.24, 2.45) is 11.3 Å². The molecule has 1 aliphatic rings. The molecule has 4 nitrogen and oxygen atoms in total. The van der Waals surface area contributed by atoms with Crippen molar-refractivity contribution < 1.29 is 9.90 Å². The maximum atomic E-state index is 10.8. The van der Waals surface area contributed by atoms with Crippen molar-refractivity contribution in [3.63, 3.8) is 0 Å². The molecular weight excluding hydrogens is 240 g/mol. The van der Waals surface area contributed by atoms with E-state index in [2.05, 4.69) is 24.1 Å². The van der Waals surface area contributed by atoms with Crippen molar-refractivity contribution in [1.82, 2.24) is 4.98 Å². The third-order valence-electron chi connectivity index (χ3n) is 3.29. The molecule has 0 amide bonds. The third kappa shape index (κ3) is 2.88. The van der Waals surface area contributed by atoms with Gasteiger partial charge in [-0.05, 0) is 29.9 Å². The van der Waals surface area contributed by atoms with Gasteiger partial charge in [0.05, 0.1) is 5.56 Å². The van der Waals surface area contributed by atoms with Crippen LogP contribution in [0.1, 0.15) is 30.6 Å². The minimum absolute atomic E-state index is 0.155. The minimum atomic E-state index is -0.996. The lowest BCUT2D eigenvalue weighted by atomic mass is 10.1. The first-order valence-corrected chi connectivity index (χ1v) is 5.91. The molecule has 1 heterocycles. The lowest BCUT2D eigenvalue weighted by Gasteiger charge is -2.08. The lowest BCUT2D eigenvalue weighted by Crippen LogP contribution is -2.09. The van der Waals surface area contributed by atoms with Crippen LogP contribution >= 0.6 is 11.6 Å². The number of anilines is 1. The fourth-order valence-electron chi connectivity index (χ4n) is 1.86. The van der Waals surface area contributed by atoms with Gasteiger partial charge in [-0.2, -0.15) is 0 Å². The Morgan fingerprint density at radius 1 is 1.65 bits per heavy atom. The molecule has 1 unspecified atom stereocenters. The van der Waals surface area contributed by atoms with Gasteiger partial charge in [0.1, 0.15) is 11.0 Å². The molecule has 2 rings (SSSR count). The Kier molecular flexibility index (Phi) is 3.00. The van der Waals surface area contributed by atoms with Crippen LogP contribution in [0.25, 0.3) is 0 Å². The van der Waals surface area contributed by atoms with Crippen LogP contribution in [0.4, 0.5) is 5.82 Å². The van der Waals surface area contributed by atoms with E-state index in [-0.39, 0.29) is 10.7 Å². The summed E-state index contributed by atoms with van der Waals surface area (Å²) < 4.78 is 0. The van der Waals surface area contributed by atoms with Gasteiger partial charge in [0.2, 0.25) is 0 Å². The number of carboxylic acid groups (broad SMARTS) is 1. The minimum Gasteiger partial charge on any atom is -0.478 e. The Labute approximate surface area is 105 Å². The highest BCUT2D eigenvalue weighted by atomic mass is 35.5. The van der Waals surface area contributed by atoms with Gasteiger partial charge in [0.25, 0.3) is 0 Å². The van der Waals surface area contributed by atoms with Crippen molar-refractivity contribution in [2.45, 2.75) is 20.3 Å². The topological polar surface area (TPSA) is 62.2 Å². The molecule has 0 saturated heterocycles. The van der Waals surface area contributed by atoms with Crippen LogP contribution in [0.5, 0.6) is 0 Å². The average molecular weight is 255 g/mol. The summed E-state index contributed by atoms with van der Waals surface area (Å²) in [7, 11) is 0. The zero-order chi connectivity index (χ0) is 12.6. The molecule has 2 N–H and O–H groups in total. The number of halogens is 1. The van der Waals surface area contributed by atoms with Crippen molar-refractivity contribution in [3.8, 4) is 0 Å². The molecule has 0 aromatic carbocycles. The molecule has 1 atom stereocenters. The number of pyridine rings is 1. The highest BCUT2D eigenvalue weighted by Crippen LogP contribution is 2.51. The third-order valence-corrected chi connectivity index (χ3v) is 3.48. The Balaban J connectivity index is 2.03. The first kappa shape index (κ1) is 12.2. The zero-order valence-electron chi connectivity index (χ0n) is 9.83. The summed E-state index contributed by atoms with van der Waals surface area (Å²) in [6.07, 6.45) is 1.19. The highest BCUT2D eigenvalue weighted by Gasteiger charge is 2.44. The Bertz CT molecular complexity index is 460. The second-order valence-electron chi connectivity index (χ2n) is 5.14. The number of carboxylic acids is 1. The Hall–Kier alpha value is -1.29. The molecule has 0 radical (unpaired) electrons. The number of aromatic nitrogens is 1. The molecule has 0 bridgehead atoms. The smallest absolute Gasteiger partial charge is 0.335 e. The molecule has 1 fully saturated rings. The van der Waals surface area contributed by atoms with Gasteiger partial charge >= 0.3 is 5.97 Å². The summed E-state index contributed by atoms with van der Waals surface area (Å²) in [4.78, 5) is 14.9. The number of carbonyl (C=O) groups is 1. The molecule has 0 aliphatic heterocycles. The maximum Gasteiger partial charge on any atom is 0.335 e. The highest BCUT2D eigenvalue weighted by molar-refractivity contribution is 6.29. The number of nitrogens with zero attached hydrogens (tertiary/aromatic N) is 1. The predicted octanol–water partition coefficient (Wildman–Crippen LogP) is 2.89. The SMILES string of the molecule is CC1(C)CC1CNc1cc(C(=O)O)cc(Cl)n1. The average Bonchev–Trinajstić information content (AvgIpc) is 2.83. The summed E-state index contributed by atoms with van der Waals surface area (Å²) in [5, 5.41) is 12.2. The molecule has 1 saturated carbocycles. The van der Waals surface area contributed by atoms with E-state index in [0.29, 0.717) is 17.2 Å². The van der Waals surface area contributed by atoms with Crippen molar-refractivity contribution >= 4 is 23.4 Å². The fourth-order valence-corrected chi connectivity index (χ4v) is 2.07. The number of hydrogen-bond donors (Lipinski definition) is 2. The number of aromatic carboxylic acids is 1. The first-order valence-electron chi connectivity index (χ1n) is 5.53. The second kappa shape index (κ2) is 4.18. The van der Waals surface area contributed by atoms with E-state index in [1.807, 2.05) is 0 Å². The van der Waals surface area contributed by atoms with Gasteiger partial charge in [-0.15, -0.1) is 0 Å². The summed E-state index contributed by atoms with van der Waals surface area (Å²) in [6, 6.07) is 2.85. The van der Waals surface area contributed by atoms with E-state index in [1.54, 1.807) is 0 Å². The van der Waals surface area contributed by atoms with E-state index in [0.717, 1.165) is 6.54 Å². The lowest BCUT2D eigenvalue weighted by molar-refractivity contribution is 0.0697. The summed E-state index contributed by atoms with van der Waals surface area (Å²) >= 11 is 5.77. The van der Waals surface area contributed by atoms with Crippen LogP contribution < -0.4 is 5.32 Å². The van der Waals surface area contributed by atoms with Crippen LogP contribution in [0.2, 0.25) is 5.15 Å². The van der Waals surface area contributed by atoms with E-state index in [1.165, 1.54) is 18.6 Å². The molecule has 1 aliphatic carbocycles. The van der Waals surface area contributed by atoms with Gasteiger partial charge in [-0.1, -0.05) is 25.4 Å². The van der Waals surface area contributed by atoms with Gasteiger partial charge in [-0.3, -0.25) is 0 Å². The van der Waals surface area contributed by atoms with E-state index < -0.39 is 5.97 Å². The fraction of sp³-hybridized carbons (Fsp3) is 0.500. The number of nitrogens with one attached hydrogen (secondary N) is 1. The van der Waals surface area contributed by atoms with Gasteiger partial charge in [0.15, 0.2) is 0 Å². The normalized spacial score (nSPS) is 21.0. The van der Waals surface area contributed by atoms with Crippen LogP contribution in [0, 0.1) is 11.3 Å². The predicted molar refractivity (Wildman–Crippen MR) is 66.6 cm³/mol. The first-order chi connectivity index (χ1) is 7.88. The quantitative estimate of drug-likeness (QED) is 0.811. The zero-order valence-corrected chi connectivity index (χ0v) is 10.6. The van der Waals surface area contributed by atoms with Crippen molar-refractivity contribution in [2.75, 3.05) is 11.9 Å². The molecular formula is C12H15ClN2O2. The molecule has 5 heteroatoms. The van der Waals surface area contributed by atoms with Gasteiger partial charge < -0.3 is 10.4 Å². The standard InChI is InChI=1S/C12H15ClN2O2/c1-12(2)5-8(12)6-14-10-4-7(11(16)17)3-9(13)15-10/h3-4,8H,5-6H2,1-2H3,(H,14,15)(H,16,17). The monoisotopic (exact) mass is 254 g/mol. The van der Waals surface area contributed by atoms with E-state index in [4.69, 9.17) is 16.7 Å². The van der Waals surface area contributed by atoms with Crippen LogP contribution in [-0.4, -0.2) is 22.6 Å². The second-order valence-corrected chi connectivity index (χ2v) is 5.53. The molecule has 1 aromatic rings. The maximum absolute atomic E-state index is 10.8. The van der Waals surface area contributed by atoms with E-state index in [9.17, 15) is 4.79 Å². The van der Waals surface area contributed by atoms with Gasteiger partial charge in [-0.25, -0.2) is 9.78 Å². The van der Waals surface area contributed by atoms with Crippen LogP contribution in [-0.2, 0) is 0 Å². The molecule has 92 valence electrons. The van der Waals surface area contributed by atoms with Crippen molar-refractivity contribution in [1.29, 1.82) is 0 Å². The van der Waals surface area contributed by atoms with Crippen LogP contribution in [0.15, 0.2) is 12.1 Å². The van der Waals surface area contributed by atoms with Crippen molar-refractivity contribution in [3.05, 3.63) is 22.8 Å². The number of hydrogen-bond acceptors (Lipinski definition) is 3. The number of rotatable bonds is 4. The largest absolute Gasteiger partial charge is 0.478 e. The Morgan fingerprint density at radius 2 is 2.29 bits per heavy atom. The Morgan fingerprint density at radius 3 is 2.82 bits per heavy atom. The summed E-state index contributed by atoms with van der Waals surface area (Å²) in [5.41, 5.74) is 0.545. The molecule has 17 heavy (non-hydrogen) atoms. The van der Waals surface area contributed by atoms with Gasteiger partial charge in [0, 0.05) is 6.54 Å². The van der Waals surface area contributed by atoms with E-state index >= 15 is 0 Å². The summed E-state index contributed by atoms with van der Waals surface area (Å²) in [5.74, 6) is 0.151. The summed E-state index contributed by atoms with van der Waals surface area (Å²) in [6.45, 7) is 5.24.